The van der Waals surface area contributed by atoms with Crippen molar-refractivity contribution in [2.75, 3.05) is 19.8 Å². The third-order valence-electron chi connectivity index (χ3n) is 3.67. The Morgan fingerprint density at radius 2 is 2.00 bits per heavy atom. The molecular formula is C14H22N2O4S. The molecule has 1 fully saturated rings. The van der Waals surface area contributed by atoms with Crippen LogP contribution >= 0.6 is 0 Å². The Hall–Kier alpha value is -1.34. The molecule has 0 aliphatic heterocycles. The molecule has 0 radical (unpaired) electrons. The molecule has 0 bridgehead atoms. The molecule has 1 aliphatic carbocycles. The molecule has 1 amide bonds. The Labute approximate surface area is 125 Å². The molecule has 7 heteroatoms. The van der Waals surface area contributed by atoms with Crippen molar-refractivity contribution in [2.45, 2.75) is 32.2 Å². The van der Waals surface area contributed by atoms with E-state index in [2.05, 4.69) is 4.72 Å². The van der Waals surface area contributed by atoms with E-state index in [-0.39, 0.29) is 29.9 Å². The first kappa shape index (κ1) is 16.0. The van der Waals surface area contributed by atoms with Crippen LogP contribution in [0.1, 0.15) is 42.0 Å². The summed E-state index contributed by atoms with van der Waals surface area (Å²) in [5, 5.41) is 0. The van der Waals surface area contributed by atoms with Crippen LogP contribution in [0.2, 0.25) is 0 Å². The number of amides is 1. The molecule has 0 atom stereocenters. The maximum absolute atomic E-state index is 12.0. The minimum absolute atomic E-state index is 0.0791. The highest BCUT2D eigenvalue weighted by Crippen LogP contribution is 2.25. The second kappa shape index (κ2) is 6.62. The molecule has 0 unspecified atom stereocenters. The molecule has 118 valence electrons. The topological polar surface area (TPSA) is 79.6 Å². The lowest BCUT2D eigenvalue weighted by atomic mass is 10.1. The molecule has 0 aromatic carbocycles. The number of nitrogens with zero attached hydrogens (tertiary/aromatic N) is 1. The van der Waals surface area contributed by atoms with Crippen LogP contribution in [0.5, 0.6) is 0 Å². The van der Waals surface area contributed by atoms with Crippen LogP contribution in [0.25, 0.3) is 0 Å². The van der Waals surface area contributed by atoms with Gasteiger partial charge in [-0.05, 0) is 30.9 Å². The Morgan fingerprint density at radius 1 is 1.33 bits per heavy atom. The van der Waals surface area contributed by atoms with Gasteiger partial charge in [-0.3, -0.25) is 4.79 Å². The van der Waals surface area contributed by atoms with Crippen LogP contribution in [-0.4, -0.2) is 39.1 Å². The Kier molecular flexibility index (Phi) is 5.05. The van der Waals surface area contributed by atoms with Gasteiger partial charge in [-0.25, -0.2) is 13.1 Å². The highest BCUT2D eigenvalue weighted by molar-refractivity contribution is 7.89. The Morgan fingerprint density at radius 3 is 2.62 bits per heavy atom. The molecule has 0 spiro atoms. The van der Waals surface area contributed by atoms with E-state index in [0.29, 0.717) is 5.76 Å². The maximum atomic E-state index is 12.0. The number of sulfonamides is 1. The van der Waals surface area contributed by atoms with E-state index in [0.717, 1.165) is 25.7 Å². The van der Waals surface area contributed by atoms with Gasteiger partial charge in [0.15, 0.2) is 5.76 Å². The minimum atomic E-state index is -3.30. The lowest BCUT2D eigenvalue weighted by molar-refractivity contribution is 0.0795. The van der Waals surface area contributed by atoms with Gasteiger partial charge in [0.2, 0.25) is 10.0 Å². The zero-order valence-corrected chi connectivity index (χ0v) is 13.3. The number of nitrogens with one attached hydrogen (secondary N) is 1. The van der Waals surface area contributed by atoms with Crippen LogP contribution in [0.4, 0.5) is 0 Å². The van der Waals surface area contributed by atoms with Gasteiger partial charge < -0.3 is 9.32 Å². The fraction of sp³-hybridized carbons (Fsp3) is 0.643. The van der Waals surface area contributed by atoms with E-state index in [1.165, 1.54) is 4.90 Å². The van der Waals surface area contributed by atoms with Gasteiger partial charge in [-0.2, -0.15) is 0 Å². The van der Waals surface area contributed by atoms with Gasteiger partial charge in [-0.15, -0.1) is 0 Å². The van der Waals surface area contributed by atoms with Crippen molar-refractivity contribution in [3.63, 3.8) is 0 Å². The molecule has 1 aromatic rings. The summed E-state index contributed by atoms with van der Waals surface area (Å²) in [6.45, 7) is 0.0791. The van der Waals surface area contributed by atoms with E-state index in [1.54, 1.807) is 26.2 Å². The molecule has 0 saturated heterocycles. The smallest absolute Gasteiger partial charge is 0.289 e. The lowest BCUT2D eigenvalue weighted by Gasteiger charge is -2.10. The summed E-state index contributed by atoms with van der Waals surface area (Å²) < 4.78 is 31.9. The monoisotopic (exact) mass is 314 g/mol. The summed E-state index contributed by atoms with van der Waals surface area (Å²) in [6.07, 6.45) is 4.22. The van der Waals surface area contributed by atoms with Crippen molar-refractivity contribution in [2.24, 2.45) is 5.92 Å². The summed E-state index contributed by atoms with van der Waals surface area (Å²) in [7, 11) is -0.0283. The number of carbonyl (C=O) groups is 1. The van der Waals surface area contributed by atoms with Crippen LogP contribution in [0.15, 0.2) is 16.5 Å². The SMILES string of the molecule is CN(C)C(=O)c1ccc(CNS(=O)(=O)CC2CCCC2)o1. The zero-order chi connectivity index (χ0) is 15.5. The number of rotatable bonds is 6. The summed E-state index contributed by atoms with van der Waals surface area (Å²) in [5.74, 6) is 0.859. The van der Waals surface area contributed by atoms with Crippen LogP contribution in [0, 0.1) is 5.92 Å². The quantitative estimate of drug-likeness (QED) is 0.865. The Balaban J connectivity index is 1.89. The normalized spacial score (nSPS) is 16.3. The first-order chi connectivity index (χ1) is 9.87. The van der Waals surface area contributed by atoms with Crippen molar-refractivity contribution >= 4 is 15.9 Å². The largest absolute Gasteiger partial charge is 0.455 e. The number of furan rings is 1. The fourth-order valence-electron chi connectivity index (χ4n) is 2.54. The van der Waals surface area contributed by atoms with Gasteiger partial charge in [0.05, 0.1) is 12.3 Å². The average Bonchev–Trinajstić information content (AvgIpc) is 3.06. The van der Waals surface area contributed by atoms with Crippen molar-refractivity contribution in [1.29, 1.82) is 0 Å². The lowest BCUT2D eigenvalue weighted by Crippen LogP contribution is -2.28. The summed E-state index contributed by atoms with van der Waals surface area (Å²) >= 11 is 0. The molecule has 1 aromatic heterocycles. The van der Waals surface area contributed by atoms with Crippen molar-refractivity contribution < 1.29 is 17.6 Å². The summed E-state index contributed by atoms with van der Waals surface area (Å²) in [4.78, 5) is 13.1. The first-order valence-electron chi connectivity index (χ1n) is 7.15. The van der Waals surface area contributed by atoms with Crippen LogP contribution in [-0.2, 0) is 16.6 Å². The van der Waals surface area contributed by atoms with Gasteiger partial charge >= 0.3 is 0 Å². The highest BCUT2D eigenvalue weighted by atomic mass is 32.2. The predicted molar refractivity (Wildman–Crippen MR) is 79.3 cm³/mol. The number of carbonyl (C=O) groups excluding carboxylic acids is 1. The summed E-state index contributed by atoms with van der Waals surface area (Å²) in [6, 6.07) is 3.18. The van der Waals surface area contributed by atoms with E-state index in [1.807, 2.05) is 0 Å². The Bertz CT molecular complexity index is 586. The van der Waals surface area contributed by atoms with Crippen molar-refractivity contribution in [1.82, 2.24) is 9.62 Å². The van der Waals surface area contributed by atoms with Gasteiger partial charge in [0.1, 0.15) is 5.76 Å². The minimum Gasteiger partial charge on any atom is -0.455 e. The maximum Gasteiger partial charge on any atom is 0.289 e. The number of hydrogen-bond acceptors (Lipinski definition) is 4. The molecule has 2 rings (SSSR count). The first-order valence-corrected chi connectivity index (χ1v) is 8.80. The molecule has 1 saturated carbocycles. The standard InChI is InChI=1S/C14H22N2O4S/c1-16(2)14(17)13-8-7-12(20-13)9-15-21(18,19)10-11-5-3-4-6-11/h7-8,11,15H,3-6,9-10H2,1-2H3. The van der Waals surface area contributed by atoms with E-state index >= 15 is 0 Å². The van der Waals surface area contributed by atoms with Gasteiger partial charge in [0.25, 0.3) is 5.91 Å². The van der Waals surface area contributed by atoms with Crippen LogP contribution in [0.3, 0.4) is 0 Å². The van der Waals surface area contributed by atoms with Gasteiger partial charge in [-0.1, -0.05) is 12.8 Å². The van der Waals surface area contributed by atoms with E-state index in [4.69, 9.17) is 4.42 Å². The molecule has 1 N–H and O–H groups in total. The third kappa shape index (κ3) is 4.57. The second-order valence-corrected chi connectivity index (χ2v) is 7.57. The average molecular weight is 314 g/mol. The highest BCUT2D eigenvalue weighted by Gasteiger charge is 2.22. The van der Waals surface area contributed by atoms with Crippen molar-refractivity contribution in [3.05, 3.63) is 23.7 Å². The van der Waals surface area contributed by atoms with Gasteiger partial charge in [0, 0.05) is 14.1 Å². The van der Waals surface area contributed by atoms with E-state index in [9.17, 15) is 13.2 Å². The molecule has 21 heavy (non-hydrogen) atoms. The van der Waals surface area contributed by atoms with E-state index < -0.39 is 10.0 Å². The number of hydrogen-bond donors (Lipinski definition) is 1. The molecule has 6 nitrogen and oxygen atoms in total. The molecule has 1 heterocycles. The fourth-order valence-corrected chi connectivity index (χ4v) is 3.97. The predicted octanol–water partition coefficient (Wildman–Crippen LogP) is 1.59. The third-order valence-corrected chi connectivity index (χ3v) is 5.17. The molecule has 1 aliphatic rings. The molecular weight excluding hydrogens is 292 g/mol. The van der Waals surface area contributed by atoms with Crippen molar-refractivity contribution in [3.8, 4) is 0 Å². The second-order valence-electron chi connectivity index (χ2n) is 5.72. The summed E-state index contributed by atoms with van der Waals surface area (Å²) in [5.41, 5.74) is 0. The zero-order valence-electron chi connectivity index (χ0n) is 12.5. The van der Waals surface area contributed by atoms with Crippen LogP contribution < -0.4 is 4.72 Å².